The second-order valence-electron chi connectivity index (χ2n) is 2.35. The smallest absolute Gasteiger partial charge is 0.112 e. The van der Waals surface area contributed by atoms with E-state index in [-0.39, 0.29) is 0 Å². The number of aliphatic hydroxyl groups is 4. The molecule has 1 rings (SSSR count). The lowest BCUT2D eigenvalue weighted by Gasteiger charge is -2.27. The topological polar surface area (TPSA) is 80.9 Å². The highest BCUT2D eigenvalue weighted by molar-refractivity contribution is 5.07. The van der Waals surface area contributed by atoms with E-state index in [0.717, 1.165) is 0 Å². The zero-order valence-corrected chi connectivity index (χ0v) is 5.25. The van der Waals surface area contributed by atoms with Crippen molar-refractivity contribution in [2.45, 2.75) is 24.4 Å². The molecule has 0 radical (unpaired) electrons. The first-order valence-electron chi connectivity index (χ1n) is 3.03. The molecule has 0 unspecified atom stereocenters. The van der Waals surface area contributed by atoms with E-state index in [1.807, 2.05) is 0 Å². The lowest BCUT2D eigenvalue weighted by atomic mass is 9.97. The summed E-state index contributed by atoms with van der Waals surface area (Å²) in [6.07, 6.45) is -2.19. The highest BCUT2D eigenvalue weighted by Crippen LogP contribution is 2.12. The van der Waals surface area contributed by atoms with Gasteiger partial charge in [0.25, 0.3) is 0 Å². The van der Waals surface area contributed by atoms with Gasteiger partial charge in [0.15, 0.2) is 0 Å². The van der Waals surface area contributed by atoms with E-state index in [0.29, 0.717) is 0 Å². The SMILES string of the molecule is O[C@@H]1[C@H](O)[C@@H](O)C=C[C@H]1O. The van der Waals surface area contributed by atoms with Crippen molar-refractivity contribution in [3.8, 4) is 0 Å². The monoisotopic (exact) mass is 146 g/mol. The zero-order chi connectivity index (χ0) is 7.72. The minimum Gasteiger partial charge on any atom is -0.387 e. The number of rotatable bonds is 0. The third-order valence-corrected chi connectivity index (χ3v) is 1.56. The Morgan fingerprint density at radius 3 is 1.30 bits per heavy atom. The van der Waals surface area contributed by atoms with Gasteiger partial charge in [0.2, 0.25) is 0 Å². The van der Waals surface area contributed by atoms with Crippen molar-refractivity contribution >= 4 is 0 Å². The van der Waals surface area contributed by atoms with Crippen LogP contribution in [0, 0.1) is 0 Å². The van der Waals surface area contributed by atoms with Gasteiger partial charge in [0.05, 0.1) is 0 Å². The van der Waals surface area contributed by atoms with Gasteiger partial charge in [-0.05, 0) is 0 Å². The minimum absolute atomic E-state index is 1.07. The Hall–Kier alpha value is -0.420. The molecule has 0 aliphatic heterocycles. The number of aliphatic hydroxyl groups excluding tert-OH is 4. The van der Waals surface area contributed by atoms with Crippen molar-refractivity contribution in [2.75, 3.05) is 0 Å². The van der Waals surface area contributed by atoms with E-state index >= 15 is 0 Å². The van der Waals surface area contributed by atoms with Gasteiger partial charge < -0.3 is 20.4 Å². The van der Waals surface area contributed by atoms with Crippen LogP contribution in [0.2, 0.25) is 0 Å². The average molecular weight is 146 g/mol. The van der Waals surface area contributed by atoms with E-state index in [9.17, 15) is 0 Å². The normalized spacial score (nSPS) is 47.6. The van der Waals surface area contributed by atoms with E-state index in [1.54, 1.807) is 0 Å². The molecule has 10 heavy (non-hydrogen) atoms. The Morgan fingerprint density at radius 2 is 1.00 bits per heavy atom. The molecule has 0 heterocycles. The molecule has 4 atom stereocenters. The quantitative estimate of drug-likeness (QED) is 0.298. The van der Waals surface area contributed by atoms with Gasteiger partial charge in [0, 0.05) is 0 Å². The van der Waals surface area contributed by atoms with Crippen molar-refractivity contribution in [1.82, 2.24) is 0 Å². The second-order valence-corrected chi connectivity index (χ2v) is 2.35. The summed E-state index contributed by atoms with van der Waals surface area (Å²) in [7, 11) is 0. The van der Waals surface area contributed by atoms with Crippen molar-refractivity contribution in [2.24, 2.45) is 0 Å². The first-order chi connectivity index (χ1) is 4.63. The summed E-state index contributed by atoms with van der Waals surface area (Å²) in [6, 6.07) is 0. The number of hydrogen-bond donors (Lipinski definition) is 4. The summed E-state index contributed by atoms with van der Waals surface area (Å²) < 4.78 is 0. The zero-order valence-electron chi connectivity index (χ0n) is 5.25. The van der Waals surface area contributed by atoms with Crippen LogP contribution in [0.1, 0.15) is 0 Å². The van der Waals surface area contributed by atoms with Gasteiger partial charge in [0.1, 0.15) is 24.4 Å². The fourth-order valence-electron chi connectivity index (χ4n) is 0.859. The Balaban J connectivity index is 2.69. The predicted octanol–water partition coefficient (Wildman–Crippen LogP) is -2.00. The molecular weight excluding hydrogens is 136 g/mol. The predicted molar refractivity (Wildman–Crippen MR) is 33.2 cm³/mol. The molecule has 58 valence electrons. The van der Waals surface area contributed by atoms with Crippen molar-refractivity contribution in [3.63, 3.8) is 0 Å². The second kappa shape index (κ2) is 2.67. The van der Waals surface area contributed by atoms with E-state index in [2.05, 4.69) is 0 Å². The summed E-state index contributed by atoms with van der Waals surface area (Å²) in [5.41, 5.74) is 0. The van der Waals surface area contributed by atoms with Crippen molar-refractivity contribution in [1.29, 1.82) is 0 Å². The summed E-state index contributed by atoms with van der Waals surface area (Å²) in [5.74, 6) is 0. The van der Waals surface area contributed by atoms with Gasteiger partial charge in [-0.2, -0.15) is 0 Å². The molecule has 0 saturated carbocycles. The maximum Gasteiger partial charge on any atom is 0.112 e. The fraction of sp³-hybridized carbons (Fsp3) is 0.667. The van der Waals surface area contributed by atoms with Crippen LogP contribution in [-0.4, -0.2) is 44.8 Å². The van der Waals surface area contributed by atoms with Gasteiger partial charge in [-0.15, -0.1) is 0 Å². The molecule has 4 nitrogen and oxygen atoms in total. The van der Waals surface area contributed by atoms with Gasteiger partial charge in [-0.3, -0.25) is 0 Å². The molecule has 4 N–H and O–H groups in total. The van der Waals surface area contributed by atoms with Gasteiger partial charge in [-0.1, -0.05) is 12.2 Å². The summed E-state index contributed by atoms with van der Waals surface area (Å²) in [4.78, 5) is 0. The fourth-order valence-corrected chi connectivity index (χ4v) is 0.859. The molecule has 0 spiro atoms. The van der Waals surface area contributed by atoms with E-state index in [1.165, 1.54) is 12.2 Å². The Bertz CT molecular complexity index is 129. The summed E-state index contributed by atoms with van der Waals surface area (Å²) in [6.45, 7) is 0. The first-order valence-corrected chi connectivity index (χ1v) is 3.03. The van der Waals surface area contributed by atoms with Crippen LogP contribution >= 0.6 is 0 Å². The molecule has 0 aromatic heterocycles. The van der Waals surface area contributed by atoms with Gasteiger partial charge in [-0.25, -0.2) is 0 Å². The molecule has 0 saturated heterocycles. The highest BCUT2D eigenvalue weighted by atomic mass is 16.4. The average Bonchev–Trinajstić information content (AvgIpc) is 1.93. The minimum atomic E-state index is -1.28. The summed E-state index contributed by atoms with van der Waals surface area (Å²) in [5, 5.41) is 35.5. The van der Waals surface area contributed by atoms with Crippen LogP contribution in [0.25, 0.3) is 0 Å². The molecule has 0 aromatic rings. The first kappa shape index (κ1) is 7.68. The summed E-state index contributed by atoms with van der Waals surface area (Å²) >= 11 is 0. The largest absolute Gasteiger partial charge is 0.387 e. The van der Waals surface area contributed by atoms with Gasteiger partial charge >= 0.3 is 0 Å². The van der Waals surface area contributed by atoms with Crippen molar-refractivity contribution in [3.05, 3.63) is 12.2 Å². The van der Waals surface area contributed by atoms with Crippen LogP contribution in [-0.2, 0) is 0 Å². The van der Waals surface area contributed by atoms with E-state index in [4.69, 9.17) is 20.4 Å². The molecular formula is C6H10O4. The standard InChI is InChI=1S/C6H10O4/c7-3-1-2-4(8)6(10)5(3)9/h1-10H/t3-,4+,5+,6-. The van der Waals surface area contributed by atoms with Crippen LogP contribution in [0.4, 0.5) is 0 Å². The lowest BCUT2D eigenvalue weighted by molar-refractivity contribution is -0.0884. The third-order valence-electron chi connectivity index (χ3n) is 1.56. The molecule has 4 heteroatoms. The Morgan fingerprint density at radius 1 is 0.700 bits per heavy atom. The maximum absolute atomic E-state index is 8.91. The molecule has 0 fully saturated rings. The molecule has 0 aromatic carbocycles. The van der Waals surface area contributed by atoms with E-state index < -0.39 is 24.4 Å². The molecule has 0 bridgehead atoms. The van der Waals surface area contributed by atoms with Crippen LogP contribution in [0.5, 0.6) is 0 Å². The Kier molecular flexibility index (Phi) is 2.05. The van der Waals surface area contributed by atoms with Crippen LogP contribution in [0.15, 0.2) is 12.2 Å². The third kappa shape index (κ3) is 1.19. The lowest BCUT2D eigenvalue weighted by Crippen LogP contribution is -2.46. The molecule has 1 aliphatic rings. The Labute approximate surface area is 58.0 Å². The number of hydrogen-bond acceptors (Lipinski definition) is 4. The van der Waals surface area contributed by atoms with Crippen LogP contribution < -0.4 is 0 Å². The van der Waals surface area contributed by atoms with Crippen molar-refractivity contribution < 1.29 is 20.4 Å². The highest BCUT2D eigenvalue weighted by Gasteiger charge is 2.31. The maximum atomic E-state index is 8.91. The molecule has 0 amide bonds. The molecule has 1 aliphatic carbocycles. The van der Waals surface area contributed by atoms with Crippen LogP contribution in [0.3, 0.4) is 0 Å².